The number of halogens is 4. The van der Waals surface area contributed by atoms with Crippen LogP contribution in [0.25, 0.3) is 0 Å². The topological polar surface area (TPSA) is 46.9 Å². The lowest BCUT2D eigenvalue weighted by molar-refractivity contribution is -0.142. The fourth-order valence-corrected chi connectivity index (χ4v) is 4.69. The van der Waals surface area contributed by atoms with E-state index in [-0.39, 0.29) is 16.1 Å². The van der Waals surface area contributed by atoms with Gasteiger partial charge < -0.3 is 5.32 Å². The first-order chi connectivity index (χ1) is 16.2. The molecule has 0 aliphatic carbocycles. The number of hydrogen-bond donors (Lipinski definition) is 1. The summed E-state index contributed by atoms with van der Waals surface area (Å²) in [4.78, 5) is 12.4. The molecule has 1 unspecified atom stereocenters. The summed E-state index contributed by atoms with van der Waals surface area (Å²) in [6.45, 7) is 5.88. The molecule has 1 amide bonds. The summed E-state index contributed by atoms with van der Waals surface area (Å²) in [5.41, 5.74) is -0.708. The van der Waals surface area contributed by atoms with Gasteiger partial charge in [-0.3, -0.25) is 9.48 Å². The number of carbonyl (C=O) groups excluding carboxylic acids is 1. The number of alkyl halides is 3. The van der Waals surface area contributed by atoms with Crippen molar-refractivity contribution in [3.63, 3.8) is 0 Å². The lowest BCUT2D eigenvalue weighted by atomic mass is 10.0. The van der Waals surface area contributed by atoms with E-state index in [1.807, 2.05) is 0 Å². The van der Waals surface area contributed by atoms with Crippen molar-refractivity contribution < 1.29 is 18.0 Å². The largest absolute Gasteiger partial charge is 0.436 e. The summed E-state index contributed by atoms with van der Waals surface area (Å²) in [6.07, 6.45) is 16.1. The van der Waals surface area contributed by atoms with Gasteiger partial charge in [-0.25, -0.2) is 0 Å². The third-order valence-electron chi connectivity index (χ3n) is 6.42. The first-order valence-corrected chi connectivity index (χ1v) is 14.1. The lowest BCUT2D eigenvalue weighted by Gasteiger charge is -2.14. The molecule has 1 atom stereocenters. The number of hydrogen-bond acceptors (Lipinski definition) is 2. The Hall–Kier alpha value is -1.05. The number of unbranched alkanes of at least 4 members (excludes halogenated alkanes) is 15. The van der Waals surface area contributed by atoms with Crippen LogP contribution in [0.4, 0.5) is 13.2 Å². The molecular weight excluding hydrogens is 507 g/mol. The Labute approximate surface area is 213 Å². The zero-order chi connectivity index (χ0) is 25.4. The predicted molar refractivity (Wildman–Crippen MR) is 137 cm³/mol. The van der Waals surface area contributed by atoms with Crippen molar-refractivity contribution in [3.8, 4) is 0 Å². The number of carbonyl (C=O) groups is 1. The Kier molecular flexibility index (Phi) is 15.8. The maximum Gasteiger partial charge on any atom is 0.436 e. The number of nitrogens with one attached hydrogen (secondary N) is 1. The fourth-order valence-electron chi connectivity index (χ4n) is 4.20. The van der Waals surface area contributed by atoms with Gasteiger partial charge in [-0.2, -0.15) is 18.3 Å². The molecule has 0 aromatic carbocycles. The van der Waals surface area contributed by atoms with Gasteiger partial charge in [0.2, 0.25) is 5.91 Å². The van der Waals surface area contributed by atoms with Crippen LogP contribution in [-0.4, -0.2) is 22.2 Å². The molecule has 0 bridgehead atoms. The summed E-state index contributed by atoms with van der Waals surface area (Å²) < 4.78 is 40.1. The van der Waals surface area contributed by atoms with Gasteiger partial charge in [0.1, 0.15) is 6.04 Å². The molecule has 0 aliphatic rings. The van der Waals surface area contributed by atoms with Crippen LogP contribution < -0.4 is 5.32 Å². The quantitative estimate of drug-likeness (QED) is 0.174. The number of nitrogens with zero attached hydrogens (tertiary/aromatic N) is 2. The maximum absolute atomic E-state index is 13.0. The molecule has 4 nitrogen and oxygen atoms in total. The van der Waals surface area contributed by atoms with Crippen molar-refractivity contribution in [2.24, 2.45) is 0 Å². The highest BCUT2D eigenvalue weighted by molar-refractivity contribution is 9.10. The van der Waals surface area contributed by atoms with Crippen molar-refractivity contribution in [2.45, 2.75) is 136 Å². The van der Waals surface area contributed by atoms with Crippen molar-refractivity contribution in [1.82, 2.24) is 15.1 Å². The van der Waals surface area contributed by atoms with E-state index in [0.29, 0.717) is 6.54 Å². The number of aromatic nitrogens is 2. The zero-order valence-electron chi connectivity index (χ0n) is 21.4. The highest BCUT2D eigenvalue weighted by Gasteiger charge is 2.38. The van der Waals surface area contributed by atoms with Crippen molar-refractivity contribution in [3.05, 3.63) is 15.9 Å². The van der Waals surface area contributed by atoms with E-state index in [0.717, 1.165) is 23.9 Å². The average molecular weight is 553 g/mol. The van der Waals surface area contributed by atoms with Gasteiger partial charge >= 0.3 is 6.18 Å². The molecule has 1 rings (SSSR count). The maximum atomic E-state index is 13.0. The summed E-state index contributed by atoms with van der Waals surface area (Å²) in [5, 5.41) is 6.44. The van der Waals surface area contributed by atoms with E-state index >= 15 is 0 Å². The molecule has 0 saturated carbocycles. The van der Waals surface area contributed by atoms with E-state index in [2.05, 4.69) is 33.3 Å². The third-order valence-corrected chi connectivity index (χ3v) is 7.37. The molecule has 0 spiro atoms. The van der Waals surface area contributed by atoms with Crippen LogP contribution >= 0.6 is 15.9 Å². The molecule has 1 N–H and O–H groups in total. The average Bonchev–Trinajstić information content (AvgIpc) is 3.10. The molecule has 34 heavy (non-hydrogen) atoms. The van der Waals surface area contributed by atoms with Gasteiger partial charge in [0.05, 0.1) is 10.2 Å². The molecule has 198 valence electrons. The Morgan fingerprint density at radius 1 is 0.882 bits per heavy atom. The minimum Gasteiger partial charge on any atom is -0.354 e. The molecule has 0 saturated heterocycles. The van der Waals surface area contributed by atoms with Gasteiger partial charge in [-0.1, -0.05) is 103 Å². The molecule has 8 heteroatoms. The lowest BCUT2D eigenvalue weighted by Crippen LogP contribution is -2.32. The smallest absolute Gasteiger partial charge is 0.354 e. The molecule has 1 heterocycles. The van der Waals surface area contributed by atoms with E-state index in [1.54, 1.807) is 6.92 Å². The summed E-state index contributed by atoms with van der Waals surface area (Å²) in [6, 6.07) is -0.798. The van der Waals surface area contributed by atoms with E-state index < -0.39 is 17.9 Å². The second-order valence-electron chi connectivity index (χ2n) is 9.46. The minimum absolute atomic E-state index is 0.113. The molecular formula is C26H45BrF3N3O. The highest BCUT2D eigenvalue weighted by atomic mass is 79.9. The van der Waals surface area contributed by atoms with Crippen LogP contribution in [0.3, 0.4) is 0 Å². The monoisotopic (exact) mass is 551 g/mol. The number of rotatable bonds is 19. The Bertz CT molecular complexity index is 692. The van der Waals surface area contributed by atoms with Crippen molar-refractivity contribution >= 4 is 21.8 Å². The Balaban J connectivity index is 2.03. The van der Waals surface area contributed by atoms with E-state index in [4.69, 9.17) is 0 Å². The second-order valence-corrected chi connectivity index (χ2v) is 10.3. The summed E-state index contributed by atoms with van der Waals surface area (Å²) in [7, 11) is 0. The molecule has 0 aliphatic heterocycles. The van der Waals surface area contributed by atoms with Crippen LogP contribution in [0.2, 0.25) is 0 Å². The normalized spacial score (nSPS) is 12.8. The highest BCUT2D eigenvalue weighted by Crippen LogP contribution is 2.36. The molecule has 0 radical (unpaired) electrons. The predicted octanol–water partition coefficient (Wildman–Crippen LogP) is 8.91. The van der Waals surface area contributed by atoms with Crippen molar-refractivity contribution in [2.75, 3.05) is 6.54 Å². The van der Waals surface area contributed by atoms with Crippen LogP contribution in [-0.2, 0) is 11.0 Å². The van der Waals surface area contributed by atoms with Crippen LogP contribution in [0.5, 0.6) is 0 Å². The molecule has 1 aromatic rings. The number of amides is 1. The van der Waals surface area contributed by atoms with Gasteiger partial charge in [0, 0.05) is 6.54 Å². The van der Waals surface area contributed by atoms with Gasteiger partial charge in [-0.15, -0.1) is 0 Å². The van der Waals surface area contributed by atoms with Gasteiger partial charge in [-0.05, 0) is 36.2 Å². The van der Waals surface area contributed by atoms with Gasteiger partial charge in [0.25, 0.3) is 0 Å². The minimum atomic E-state index is -4.56. The fraction of sp³-hybridized carbons (Fsp3) is 0.846. The zero-order valence-corrected chi connectivity index (χ0v) is 23.0. The van der Waals surface area contributed by atoms with E-state index in [1.165, 1.54) is 90.4 Å². The summed E-state index contributed by atoms with van der Waals surface area (Å²) >= 11 is 2.95. The molecule has 1 aromatic heterocycles. The van der Waals surface area contributed by atoms with Crippen molar-refractivity contribution in [1.29, 1.82) is 0 Å². The SMILES string of the molecule is CCCCCCCCCCCCCCCCCCNC(=O)C(C)n1nc(C(F)(F)F)c(Br)c1C. The first-order valence-electron chi connectivity index (χ1n) is 13.3. The Morgan fingerprint density at radius 2 is 1.29 bits per heavy atom. The third kappa shape index (κ3) is 12.1. The van der Waals surface area contributed by atoms with E-state index in [9.17, 15) is 18.0 Å². The Morgan fingerprint density at radius 3 is 1.68 bits per heavy atom. The standard InChI is InChI=1S/C26H45BrF3N3O/c1-4-5-6-7-8-9-10-11-12-13-14-15-16-17-18-19-20-31-25(34)22(3)33-21(2)23(27)24(32-33)26(28,29)30/h22H,4-20H2,1-3H3,(H,31,34). The van der Waals surface area contributed by atoms with Crippen LogP contribution in [0, 0.1) is 6.92 Å². The van der Waals surface area contributed by atoms with Gasteiger partial charge in [0.15, 0.2) is 5.69 Å². The first kappa shape index (κ1) is 31.0. The second kappa shape index (κ2) is 17.4. The van der Waals surface area contributed by atoms with Crippen LogP contribution in [0.1, 0.15) is 134 Å². The summed E-state index contributed by atoms with van der Waals surface area (Å²) in [5.74, 6) is -0.312. The van der Waals surface area contributed by atoms with Crippen LogP contribution in [0.15, 0.2) is 4.47 Å². The molecule has 0 fully saturated rings.